The van der Waals surface area contributed by atoms with Gasteiger partial charge in [0.2, 0.25) is 5.78 Å². The first kappa shape index (κ1) is 16.9. The van der Waals surface area contributed by atoms with E-state index in [-0.39, 0.29) is 5.75 Å². The van der Waals surface area contributed by atoms with E-state index in [1.54, 1.807) is 25.6 Å². The van der Waals surface area contributed by atoms with E-state index in [2.05, 4.69) is 9.97 Å². The van der Waals surface area contributed by atoms with Gasteiger partial charge in [-0.1, -0.05) is 12.1 Å². The highest BCUT2D eigenvalue weighted by molar-refractivity contribution is 5.84. The van der Waals surface area contributed by atoms with Gasteiger partial charge < -0.3 is 14.6 Å². The van der Waals surface area contributed by atoms with Crippen LogP contribution in [-0.2, 0) is 0 Å². The minimum atomic E-state index is 0.136. The van der Waals surface area contributed by atoms with Crippen molar-refractivity contribution in [1.82, 2.24) is 14.4 Å². The summed E-state index contributed by atoms with van der Waals surface area (Å²) in [5.41, 5.74) is 3.32. The number of ether oxygens (including phenoxy) is 2. The SMILES string of the molecule is CCOc1ccc(-c2c(-c3ccc(OC)cc3)cnc3nccn23)c(O)c1. The maximum Gasteiger partial charge on any atom is 0.234 e. The fourth-order valence-electron chi connectivity index (χ4n) is 3.10. The van der Waals surface area contributed by atoms with Crippen LogP contribution < -0.4 is 9.47 Å². The van der Waals surface area contributed by atoms with Gasteiger partial charge in [-0.3, -0.25) is 4.40 Å². The highest BCUT2D eigenvalue weighted by atomic mass is 16.5. The van der Waals surface area contributed by atoms with Crippen molar-refractivity contribution < 1.29 is 14.6 Å². The van der Waals surface area contributed by atoms with E-state index in [0.717, 1.165) is 22.6 Å². The molecular formula is C21H19N3O3. The van der Waals surface area contributed by atoms with Crippen LogP contribution in [0.25, 0.3) is 28.2 Å². The summed E-state index contributed by atoms with van der Waals surface area (Å²) in [6.07, 6.45) is 5.30. The zero-order chi connectivity index (χ0) is 18.8. The summed E-state index contributed by atoms with van der Waals surface area (Å²) in [4.78, 5) is 8.71. The molecule has 0 atom stereocenters. The maximum atomic E-state index is 10.7. The van der Waals surface area contributed by atoms with Gasteiger partial charge in [-0.05, 0) is 36.8 Å². The van der Waals surface area contributed by atoms with Crippen molar-refractivity contribution in [2.45, 2.75) is 6.92 Å². The highest BCUT2D eigenvalue weighted by Crippen LogP contribution is 2.38. The molecule has 0 amide bonds. The molecular weight excluding hydrogens is 342 g/mol. The number of methoxy groups -OCH3 is 1. The van der Waals surface area contributed by atoms with E-state index in [4.69, 9.17) is 9.47 Å². The first-order chi connectivity index (χ1) is 13.2. The second-order valence-corrected chi connectivity index (χ2v) is 5.96. The minimum absolute atomic E-state index is 0.136. The van der Waals surface area contributed by atoms with Gasteiger partial charge in [-0.2, -0.15) is 0 Å². The Kier molecular flexibility index (Phi) is 4.38. The molecule has 27 heavy (non-hydrogen) atoms. The fourth-order valence-corrected chi connectivity index (χ4v) is 3.10. The molecule has 6 nitrogen and oxygen atoms in total. The number of imidazole rings is 1. The van der Waals surface area contributed by atoms with Crippen molar-refractivity contribution in [1.29, 1.82) is 0 Å². The first-order valence-electron chi connectivity index (χ1n) is 8.64. The van der Waals surface area contributed by atoms with Crippen LogP contribution in [-0.4, -0.2) is 33.2 Å². The third kappa shape index (κ3) is 3.06. The Morgan fingerprint density at radius 3 is 2.48 bits per heavy atom. The monoisotopic (exact) mass is 361 g/mol. The Morgan fingerprint density at radius 1 is 1.00 bits per heavy atom. The fraction of sp³-hybridized carbons (Fsp3) is 0.143. The lowest BCUT2D eigenvalue weighted by Gasteiger charge is -2.15. The van der Waals surface area contributed by atoms with E-state index in [1.807, 2.05) is 53.9 Å². The Morgan fingerprint density at radius 2 is 1.78 bits per heavy atom. The second-order valence-electron chi connectivity index (χ2n) is 5.96. The number of benzene rings is 2. The average molecular weight is 361 g/mol. The van der Waals surface area contributed by atoms with Gasteiger partial charge in [-0.25, -0.2) is 9.97 Å². The number of fused-ring (bicyclic) bond motifs is 1. The van der Waals surface area contributed by atoms with Crippen LogP contribution in [0.4, 0.5) is 0 Å². The zero-order valence-corrected chi connectivity index (χ0v) is 15.1. The van der Waals surface area contributed by atoms with Crippen LogP contribution in [0.2, 0.25) is 0 Å². The first-order valence-corrected chi connectivity index (χ1v) is 8.64. The summed E-state index contributed by atoms with van der Waals surface area (Å²) in [5.74, 6) is 2.11. The molecule has 0 aliphatic heterocycles. The van der Waals surface area contributed by atoms with Crippen molar-refractivity contribution in [3.05, 3.63) is 61.1 Å². The minimum Gasteiger partial charge on any atom is -0.507 e. The van der Waals surface area contributed by atoms with Gasteiger partial charge >= 0.3 is 0 Å². The van der Waals surface area contributed by atoms with Crippen LogP contribution in [0.5, 0.6) is 17.2 Å². The van der Waals surface area contributed by atoms with Crippen LogP contribution in [0, 0.1) is 0 Å². The number of aromatic hydroxyl groups is 1. The van der Waals surface area contributed by atoms with Crippen molar-refractivity contribution in [2.75, 3.05) is 13.7 Å². The lowest BCUT2D eigenvalue weighted by molar-refractivity contribution is 0.338. The highest BCUT2D eigenvalue weighted by Gasteiger charge is 2.17. The van der Waals surface area contributed by atoms with Crippen LogP contribution in [0.1, 0.15) is 6.92 Å². The maximum absolute atomic E-state index is 10.7. The van der Waals surface area contributed by atoms with E-state index in [9.17, 15) is 5.11 Å². The molecule has 2 heterocycles. The molecule has 0 aliphatic rings. The molecule has 0 saturated heterocycles. The molecule has 1 N–H and O–H groups in total. The summed E-state index contributed by atoms with van der Waals surface area (Å²) in [5, 5.41) is 10.7. The summed E-state index contributed by atoms with van der Waals surface area (Å²) >= 11 is 0. The van der Waals surface area contributed by atoms with Gasteiger partial charge in [0, 0.05) is 35.8 Å². The van der Waals surface area contributed by atoms with Crippen LogP contribution >= 0.6 is 0 Å². The predicted octanol–water partition coefficient (Wildman–Crippen LogP) is 4.18. The molecule has 4 aromatic rings. The Balaban J connectivity index is 1.94. The number of nitrogens with zero attached hydrogens (tertiary/aromatic N) is 3. The molecule has 0 saturated carbocycles. The van der Waals surface area contributed by atoms with Crippen molar-refractivity contribution in [3.63, 3.8) is 0 Å². The van der Waals surface area contributed by atoms with E-state index in [1.165, 1.54) is 0 Å². The lowest BCUT2D eigenvalue weighted by atomic mass is 9.99. The molecule has 0 spiro atoms. The molecule has 2 aromatic carbocycles. The van der Waals surface area contributed by atoms with E-state index in [0.29, 0.717) is 23.7 Å². The van der Waals surface area contributed by atoms with Crippen molar-refractivity contribution in [2.24, 2.45) is 0 Å². The van der Waals surface area contributed by atoms with Gasteiger partial charge in [0.15, 0.2) is 0 Å². The molecule has 0 radical (unpaired) electrons. The van der Waals surface area contributed by atoms with Crippen LogP contribution in [0.15, 0.2) is 61.1 Å². The number of hydrogen-bond donors (Lipinski definition) is 1. The lowest BCUT2D eigenvalue weighted by Crippen LogP contribution is -1.99. The standard InChI is InChI=1S/C21H19N3O3/c1-3-27-16-8-9-17(19(25)12-16)20-18(13-23-21-22-10-11-24(20)21)14-4-6-15(26-2)7-5-14/h4-13,25H,3H2,1-2H3. The Hall–Kier alpha value is -3.54. The van der Waals surface area contributed by atoms with Crippen molar-refractivity contribution in [3.8, 4) is 39.6 Å². The molecule has 0 unspecified atom stereocenters. The normalized spacial score (nSPS) is 10.9. The number of phenols is 1. The summed E-state index contributed by atoms with van der Waals surface area (Å²) in [6.45, 7) is 2.45. The van der Waals surface area contributed by atoms with Crippen LogP contribution in [0.3, 0.4) is 0 Å². The van der Waals surface area contributed by atoms with Gasteiger partial charge in [0.1, 0.15) is 17.2 Å². The molecule has 4 rings (SSSR count). The molecule has 0 fully saturated rings. The third-order valence-corrected chi connectivity index (χ3v) is 4.36. The zero-order valence-electron chi connectivity index (χ0n) is 15.1. The number of rotatable bonds is 5. The molecule has 6 heteroatoms. The van der Waals surface area contributed by atoms with Crippen molar-refractivity contribution >= 4 is 5.78 Å². The smallest absolute Gasteiger partial charge is 0.234 e. The quantitative estimate of drug-likeness (QED) is 0.578. The van der Waals surface area contributed by atoms with Gasteiger partial charge in [0.25, 0.3) is 0 Å². The largest absolute Gasteiger partial charge is 0.507 e. The van der Waals surface area contributed by atoms with Gasteiger partial charge in [0.05, 0.1) is 19.4 Å². The predicted molar refractivity (Wildman–Crippen MR) is 103 cm³/mol. The molecule has 0 aliphatic carbocycles. The second kappa shape index (κ2) is 6.99. The van der Waals surface area contributed by atoms with E-state index < -0.39 is 0 Å². The average Bonchev–Trinajstić information content (AvgIpc) is 3.17. The molecule has 2 aromatic heterocycles. The third-order valence-electron chi connectivity index (χ3n) is 4.36. The molecule has 0 bridgehead atoms. The number of phenolic OH excluding ortho intramolecular Hbond substituents is 1. The Bertz CT molecular complexity index is 1090. The Labute approximate surface area is 156 Å². The topological polar surface area (TPSA) is 68.9 Å². The van der Waals surface area contributed by atoms with Gasteiger partial charge in [-0.15, -0.1) is 0 Å². The molecule has 136 valence electrons. The number of aromatic nitrogens is 3. The van der Waals surface area contributed by atoms with E-state index >= 15 is 0 Å². The summed E-state index contributed by atoms with van der Waals surface area (Å²) in [7, 11) is 1.64. The summed E-state index contributed by atoms with van der Waals surface area (Å²) < 4.78 is 12.6. The summed E-state index contributed by atoms with van der Waals surface area (Å²) in [6, 6.07) is 13.0. The number of hydrogen-bond acceptors (Lipinski definition) is 5.